The van der Waals surface area contributed by atoms with Gasteiger partial charge in [0.05, 0.1) is 6.61 Å². The molecule has 0 bridgehead atoms. The summed E-state index contributed by atoms with van der Waals surface area (Å²) < 4.78 is 30.0. The van der Waals surface area contributed by atoms with Gasteiger partial charge in [-0.2, -0.15) is 4.98 Å². The van der Waals surface area contributed by atoms with Crippen LogP contribution in [0.3, 0.4) is 0 Å². The average Bonchev–Trinajstić information content (AvgIpc) is 3.29. The van der Waals surface area contributed by atoms with E-state index in [1.54, 1.807) is 7.11 Å². The number of ether oxygens (including phenoxy) is 2. The molecule has 0 unspecified atom stereocenters. The van der Waals surface area contributed by atoms with Gasteiger partial charge in [-0.05, 0) is 59.5 Å². The molecule has 0 aliphatic heterocycles. The third-order valence-electron chi connectivity index (χ3n) is 5.05. The Morgan fingerprint density at radius 1 is 1.06 bits per heavy atom. The summed E-state index contributed by atoms with van der Waals surface area (Å²) in [6.07, 6.45) is 0. The van der Waals surface area contributed by atoms with Crippen molar-refractivity contribution in [2.45, 2.75) is 13.5 Å². The summed E-state index contributed by atoms with van der Waals surface area (Å²) in [6.45, 7) is 1.83. The Kier molecular flexibility index (Phi) is 6.46. The van der Waals surface area contributed by atoms with E-state index >= 15 is 0 Å². The molecule has 0 saturated carbocycles. The van der Waals surface area contributed by atoms with Gasteiger partial charge >= 0.3 is 5.97 Å². The number of hydrogen-bond acceptors (Lipinski definition) is 6. The minimum atomic E-state index is -1.19. The second-order valence-corrected chi connectivity index (χ2v) is 7.37. The molecular formula is C25H21FN2O5. The summed E-state index contributed by atoms with van der Waals surface area (Å²) in [7, 11) is 1.64. The van der Waals surface area contributed by atoms with Gasteiger partial charge in [0.15, 0.2) is 18.2 Å². The van der Waals surface area contributed by atoms with Crippen LogP contribution in [-0.4, -0.2) is 34.9 Å². The highest BCUT2D eigenvalue weighted by molar-refractivity contribution is 5.74. The van der Waals surface area contributed by atoms with Crippen molar-refractivity contribution in [2.24, 2.45) is 0 Å². The van der Waals surface area contributed by atoms with E-state index in [1.807, 2.05) is 30.3 Å². The van der Waals surface area contributed by atoms with E-state index in [2.05, 4.69) is 29.2 Å². The molecule has 8 heteroatoms. The first kappa shape index (κ1) is 22.2. The Balaban J connectivity index is 1.63. The molecule has 0 aliphatic rings. The van der Waals surface area contributed by atoms with E-state index in [0.29, 0.717) is 17.7 Å². The first-order valence-electron chi connectivity index (χ1n) is 10.1. The van der Waals surface area contributed by atoms with Crippen molar-refractivity contribution in [1.29, 1.82) is 0 Å². The van der Waals surface area contributed by atoms with Crippen LogP contribution in [0.2, 0.25) is 0 Å². The first-order chi connectivity index (χ1) is 16.0. The van der Waals surface area contributed by atoms with Gasteiger partial charge in [-0.1, -0.05) is 35.5 Å². The monoisotopic (exact) mass is 448 g/mol. The average molecular weight is 448 g/mol. The van der Waals surface area contributed by atoms with Crippen molar-refractivity contribution in [1.82, 2.24) is 10.1 Å². The number of carboxylic acid groups (broad SMARTS) is 1. The van der Waals surface area contributed by atoms with Crippen molar-refractivity contribution in [3.8, 4) is 39.7 Å². The van der Waals surface area contributed by atoms with Crippen LogP contribution < -0.4 is 4.74 Å². The molecule has 0 aliphatic carbocycles. The molecule has 1 N–H and O–H groups in total. The van der Waals surface area contributed by atoms with E-state index < -0.39 is 18.4 Å². The molecule has 0 fully saturated rings. The van der Waals surface area contributed by atoms with Crippen molar-refractivity contribution >= 4 is 5.97 Å². The maximum atomic E-state index is 14.3. The zero-order valence-corrected chi connectivity index (χ0v) is 18.0. The number of aromatic nitrogens is 2. The van der Waals surface area contributed by atoms with Gasteiger partial charge in [0.2, 0.25) is 5.82 Å². The standard InChI is InChI=1S/C25H21FN2O5/c1-15-5-3-4-6-19(15)20-9-7-17(11-18(20)13-31-2)25-27-24(28-33-25)16-8-10-22(21(26)12-16)32-14-23(29)30/h3-12H,13-14H2,1-2H3,(H,29,30). The number of carboxylic acids is 1. The topological polar surface area (TPSA) is 94.7 Å². The van der Waals surface area contributed by atoms with Crippen LogP contribution in [0.5, 0.6) is 5.75 Å². The van der Waals surface area contributed by atoms with Crippen molar-refractivity contribution < 1.29 is 28.3 Å². The van der Waals surface area contributed by atoms with Crippen molar-refractivity contribution in [3.05, 3.63) is 77.6 Å². The lowest BCUT2D eigenvalue weighted by Crippen LogP contribution is -2.10. The van der Waals surface area contributed by atoms with Crippen LogP contribution in [-0.2, 0) is 16.1 Å². The van der Waals surface area contributed by atoms with Gasteiger partial charge in [0, 0.05) is 18.2 Å². The second kappa shape index (κ2) is 9.62. The summed E-state index contributed by atoms with van der Waals surface area (Å²) in [5.74, 6) is -1.59. The summed E-state index contributed by atoms with van der Waals surface area (Å²) in [6, 6.07) is 18.0. The van der Waals surface area contributed by atoms with Gasteiger partial charge < -0.3 is 19.1 Å². The lowest BCUT2D eigenvalue weighted by molar-refractivity contribution is -0.139. The van der Waals surface area contributed by atoms with Crippen molar-refractivity contribution in [3.63, 3.8) is 0 Å². The predicted octanol–water partition coefficient (Wildman–Crippen LogP) is 5.13. The molecule has 0 saturated heterocycles. The molecule has 0 spiro atoms. The summed E-state index contributed by atoms with van der Waals surface area (Å²) in [4.78, 5) is 15.0. The van der Waals surface area contributed by atoms with Crippen LogP contribution >= 0.6 is 0 Å². The van der Waals surface area contributed by atoms with Gasteiger partial charge in [0.25, 0.3) is 5.89 Å². The van der Waals surface area contributed by atoms with Crippen LogP contribution in [0.25, 0.3) is 34.0 Å². The summed E-state index contributed by atoms with van der Waals surface area (Å²) in [5.41, 5.74) is 5.37. The second-order valence-electron chi connectivity index (χ2n) is 7.37. The molecule has 0 radical (unpaired) electrons. The molecule has 0 amide bonds. The zero-order valence-electron chi connectivity index (χ0n) is 18.0. The smallest absolute Gasteiger partial charge is 0.341 e. The quantitative estimate of drug-likeness (QED) is 0.399. The minimum Gasteiger partial charge on any atom is -0.479 e. The number of rotatable bonds is 8. The SMILES string of the molecule is COCc1cc(-c2nc(-c3ccc(OCC(=O)O)c(F)c3)no2)ccc1-c1ccccc1C. The number of hydrogen-bond donors (Lipinski definition) is 1. The van der Waals surface area contributed by atoms with E-state index in [1.165, 1.54) is 18.2 Å². The van der Waals surface area contributed by atoms with E-state index in [9.17, 15) is 9.18 Å². The van der Waals surface area contributed by atoms with Crippen LogP contribution in [0, 0.1) is 12.7 Å². The third-order valence-corrected chi connectivity index (χ3v) is 5.05. The maximum Gasteiger partial charge on any atom is 0.341 e. The fraction of sp³-hybridized carbons (Fsp3) is 0.160. The normalized spacial score (nSPS) is 10.9. The molecule has 1 aromatic heterocycles. The Hall–Kier alpha value is -4.04. The first-order valence-corrected chi connectivity index (χ1v) is 10.1. The Morgan fingerprint density at radius 2 is 1.85 bits per heavy atom. The summed E-state index contributed by atoms with van der Waals surface area (Å²) >= 11 is 0. The maximum absolute atomic E-state index is 14.3. The molecule has 3 aromatic carbocycles. The molecule has 168 valence electrons. The number of aryl methyl sites for hydroxylation is 1. The fourth-order valence-corrected chi connectivity index (χ4v) is 3.49. The number of nitrogens with zero attached hydrogens (tertiary/aromatic N) is 2. The Bertz CT molecular complexity index is 1300. The number of carbonyl (C=O) groups is 1. The molecule has 33 heavy (non-hydrogen) atoms. The molecule has 4 rings (SSSR count). The van der Waals surface area contributed by atoms with Gasteiger partial charge in [0.1, 0.15) is 0 Å². The number of methoxy groups -OCH3 is 1. The summed E-state index contributed by atoms with van der Waals surface area (Å²) in [5, 5.41) is 12.6. The highest BCUT2D eigenvalue weighted by Gasteiger charge is 2.16. The van der Waals surface area contributed by atoms with Gasteiger partial charge in [-0.15, -0.1) is 0 Å². The van der Waals surface area contributed by atoms with E-state index in [-0.39, 0.29) is 17.5 Å². The van der Waals surface area contributed by atoms with E-state index in [4.69, 9.17) is 19.1 Å². The molecule has 4 aromatic rings. The lowest BCUT2D eigenvalue weighted by Gasteiger charge is -2.12. The van der Waals surface area contributed by atoms with Crippen LogP contribution in [0.1, 0.15) is 11.1 Å². The number of aliphatic carboxylic acids is 1. The van der Waals surface area contributed by atoms with Crippen molar-refractivity contribution in [2.75, 3.05) is 13.7 Å². The fourth-order valence-electron chi connectivity index (χ4n) is 3.49. The lowest BCUT2D eigenvalue weighted by atomic mass is 9.94. The van der Waals surface area contributed by atoms with Crippen LogP contribution in [0.15, 0.2) is 65.2 Å². The molecule has 0 atom stereocenters. The highest BCUT2D eigenvalue weighted by atomic mass is 19.1. The number of benzene rings is 3. The highest BCUT2D eigenvalue weighted by Crippen LogP contribution is 2.32. The third kappa shape index (κ3) is 4.91. The molecule has 1 heterocycles. The predicted molar refractivity (Wildman–Crippen MR) is 119 cm³/mol. The van der Waals surface area contributed by atoms with Gasteiger partial charge in [-0.25, -0.2) is 9.18 Å². The Morgan fingerprint density at radius 3 is 2.58 bits per heavy atom. The zero-order chi connectivity index (χ0) is 23.4. The van der Waals surface area contributed by atoms with Crippen LogP contribution in [0.4, 0.5) is 4.39 Å². The molecule has 7 nitrogen and oxygen atoms in total. The minimum absolute atomic E-state index is 0.166. The Labute approximate surface area is 189 Å². The van der Waals surface area contributed by atoms with Gasteiger partial charge in [-0.3, -0.25) is 0 Å². The van der Waals surface area contributed by atoms with E-state index in [0.717, 1.165) is 22.3 Å². The molecular weight excluding hydrogens is 427 g/mol. The number of halogens is 1. The largest absolute Gasteiger partial charge is 0.479 e.